The number of pyridine rings is 1. The Labute approximate surface area is 344 Å². The van der Waals surface area contributed by atoms with Crippen LogP contribution in [0.2, 0.25) is 0 Å². The summed E-state index contributed by atoms with van der Waals surface area (Å²) in [5.74, 6) is 2.01. The number of fused-ring (bicyclic) bond motifs is 7. The van der Waals surface area contributed by atoms with Gasteiger partial charge < -0.3 is 9.55 Å². The molecule has 7 aromatic carbocycles. The van der Waals surface area contributed by atoms with Crippen LogP contribution in [0.1, 0.15) is 25.3 Å². The van der Waals surface area contributed by atoms with E-state index in [1.807, 2.05) is 18.3 Å². The van der Waals surface area contributed by atoms with Crippen molar-refractivity contribution in [2.24, 2.45) is 0 Å². The van der Waals surface area contributed by atoms with Gasteiger partial charge in [0.1, 0.15) is 11.6 Å². The molecule has 0 bridgehead atoms. The van der Waals surface area contributed by atoms with E-state index in [0.717, 1.165) is 83.3 Å². The summed E-state index contributed by atoms with van der Waals surface area (Å²) in [4.78, 5) is 15.6. The average molecular weight is 913 g/mol. The third-order valence-electron chi connectivity index (χ3n) is 11.1. The van der Waals surface area contributed by atoms with Gasteiger partial charge >= 0.3 is 21.1 Å². The summed E-state index contributed by atoms with van der Waals surface area (Å²) in [7, 11) is 0. The van der Waals surface area contributed by atoms with E-state index in [4.69, 9.17) is 15.0 Å². The van der Waals surface area contributed by atoms with Crippen molar-refractivity contribution >= 4 is 54.6 Å². The number of aromatic nitrogens is 5. The van der Waals surface area contributed by atoms with Crippen LogP contribution in [-0.4, -0.2) is 19.1 Å². The second-order valence-corrected chi connectivity index (χ2v) is 14.7. The van der Waals surface area contributed by atoms with Crippen LogP contribution >= 0.6 is 0 Å². The van der Waals surface area contributed by atoms with Crippen LogP contribution in [0.4, 0.5) is 0 Å². The van der Waals surface area contributed by atoms with Crippen LogP contribution in [0.25, 0.3) is 99.8 Å². The Balaban J connectivity index is 0.00000396. The number of nitrogens with zero attached hydrogens (tertiary/aromatic N) is 5. The standard InChI is InChI=1S/C51H35N5.Pt/c1-32(2)42-29-35(33-15-5-3-6-16-33)31-46-48(42)40-27-26-34(30-45(40)56(46)47-25-11-12-28-52-47)37-20-14-24-44-50(37)54-51(55(44)36-17-7-4-8-18-36)41-22-13-21-39-38-19-9-10-23-43(38)53-49(39)41;/h3-29,31-32H,1-2H3;/q-2;+2. The first-order valence-electron chi connectivity index (χ1n) is 19.2. The monoisotopic (exact) mass is 912 g/mol. The molecule has 0 amide bonds. The Kier molecular flexibility index (Phi) is 8.50. The van der Waals surface area contributed by atoms with Gasteiger partial charge in [0.25, 0.3) is 0 Å². The van der Waals surface area contributed by atoms with Gasteiger partial charge in [-0.15, -0.1) is 34.8 Å². The Morgan fingerprint density at radius 2 is 1.33 bits per heavy atom. The van der Waals surface area contributed by atoms with Crippen LogP contribution in [-0.2, 0) is 21.1 Å². The van der Waals surface area contributed by atoms with Gasteiger partial charge in [0.2, 0.25) is 0 Å². The first kappa shape index (κ1) is 34.9. The van der Waals surface area contributed by atoms with Crippen molar-refractivity contribution in [1.82, 2.24) is 24.1 Å². The molecule has 0 fully saturated rings. The van der Waals surface area contributed by atoms with E-state index in [9.17, 15) is 0 Å². The quantitative estimate of drug-likeness (QED) is 0.156. The van der Waals surface area contributed by atoms with Gasteiger partial charge in [0.15, 0.2) is 0 Å². The van der Waals surface area contributed by atoms with E-state index >= 15 is 0 Å². The average Bonchev–Trinajstić information content (AvgIpc) is 3.94. The Bertz CT molecular complexity index is 3270. The second-order valence-electron chi connectivity index (χ2n) is 14.7. The number of benzene rings is 7. The molecule has 0 saturated carbocycles. The SMILES string of the molecule is CC(C)c1cc(-c2ccccc2)cc2c1c1ccc(-c3cccc4c3nc(-c3cccc5c3[n-]c3ccccc35)n4-c3ccccc3)[c-]c1n2-c1ccccn1.[Pt+2]. The number of para-hydroxylation sites is 4. The maximum Gasteiger partial charge on any atom is 2.00 e. The maximum atomic E-state index is 5.53. The fourth-order valence-electron chi connectivity index (χ4n) is 8.55. The Morgan fingerprint density at radius 3 is 2.14 bits per heavy atom. The van der Waals surface area contributed by atoms with Gasteiger partial charge in [-0.2, -0.15) is 0 Å². The van der Waals surface area contributed by atoms with Crippen molar-refractivity contribution in [3.05, 3.63) is 182 Å². The number of hydrogen-bond acceptors (Lipinski definition) is 2. The molecule has 4 aromatic heterocycles. The van der Waals surface area contributed by atoms with Crippen LogP contribution in [0.15, 0.2) is 170 Å². The second kappa shape index (κ2) is 13.9. The third kappa shape index (κ3) is 5.56. The molecular formula is C51H35N5Pt. The van der Waals surface area contributed by atoms with E-state index < -0.39 is 0 Å². The van der Waals surface area contributed by atoms with Crippen molar-refractivity contribution in [3.8, 4) is 45.1 Å². The zero-order chi connectivity index (χ0) is 37.3. The Morgan fingerprint density at radius 1 is 0.596 bits per heavy atom. The van der Waals surface area contributed by atoms with Gasteiger partial charge in [-0.25, -0.2) is 9.97 Å². The molecule has 11 aromatic rings. The molecule has 0 aliphatic heterocycles. The summed E-state index contributed by atoms with van der Waals surface area (Å²) in [6.45, 7) is 4.56. The summed E-state index contributed by atoms with van der Waals surface area (Å²) in [6, 6.07) is 61.6. The molecule has 0 N–H and O–H groups in total. The van der Waals surface area contributed by atoms with Crippen molar-refractivity contribution in [1.29, 1.82) is 0 Å². The van der Waals surface area contributed by atoms with Crippen molar-refractivity contribution in [3.63, 3.8) is 0 Å². The largest absolute Gasteiger partial charge is 2.00 e. The smallest absolute Gasteiger partial charge is 0.656 e. The first-order valence-corrected chi connectivity index (χ1v) is 19.2. The predicted molar refractivity (Wildman–Crippen MR) is 231 cm³/mol. The summed E-state index contributed by atoms with van der Waals surface area (Å²) < 4.78 is 4.56. The molecule has 0 atom stereocenters. The van der Waals surface area contributed by atoms with Gasteiger partial charge in [0.05, 0.1) is 11.0 Å². The number of hydrogen-bond donors (Lipinski definition) is 0. The van der Waals surface area contributed by atoms with E-state index in [0.29, 0.717) is 5.92 Å². The molecule has 4 heterocycles. The summed E-state index contributed by atoms with van der Waals surface area (Å²) in [6.07, 6.45) is 1.87. The summed E-state index contributed by atoms with van der Waals surface area (Å²) in [5.41, 5.74) is 13.7. The molecule has 274 valence electrons. The minimum absolute atomic E-state index is 0. The molecule has 0 unspecified atom stereocenters. The normalized spacial score (nSPS) is 11.7. The fourth-order valence-corrected chi connectivity index (χ4v) is 8.55. The van der Waals surface area contributed by atoms with Crippen LogP contribution in [0.3, 0.4) is 0 Å². The van der Waals surface area contributed by atoms with Crippen LogP contribution in [0, 0.1) is 6.07 Å². The summed E-state index contributed by atoms with van der Waals surface area (Å²) in [5, 5.41) is 4.67. The maximum absolute atomic E-state index is 5.53. The molecular weight excluding hydrogens is 878 g/mol. The molecule has 5 nitrogen and oxygen atoms in total. The predicted octanol–water partition coefficient (Wildman–Crippen LogP) is 12.7. The molecule has 0 aliphatic carbocycles. The van der Waals surface area contributed by atoms with Gasteiger partial charge in [-0.3, -0.25) is 4.57 Å². The zero-order valence-electron chi connectivity index (χ0n) is 31.3. The zero-order valence-corrected chi connectivity index (χ0v) is 33.6. The molecule has 6 heteroatoms. The summed E-state index contributed by atoms with van der Waals surface area (Å²) >= 11 is 0. The van der Waals surface area contributed by atoms with E-state index in [1.165, 1.54) is 22.1 Å². The molecule has 0 radical (unpaired) electrons. The van der Waals surface area contributed by atoms with Gasteiger partial charge in [-0.1, -0.05) is 140 Å². The minimum Gasteiger partial charge on any atom is -0.656 e. The Hall–Kier alpha value is -6.55. The molecule has 0 aliphatic rings. The molecule has 57 heavy (non-hydrogen) atoms. The number of imidazole rings is 1. The minimum atomic E-state index is 0. The third-order valence-corrected chi connectivity index (χ3v) is 11.1. The molecule has 0 spiro atoms. The molecule has 11 rings (SSSR count). The van der Waals surface area contributed by atoms with Gasteiger partial charge in [-0.05, 0) is 80.7 Å². The number of rotatable bonds is 6. The van der Waals surface area contributed by atoms with Crippen LogP contribution < -0.4 is 4.98 Å². The van der Waals surface area contributed by atoms with Crippen LogP contribution in [0.5, 0.6) is 0 Å². The van der Waals surface area contributed by atoms with Crippen molar-refractivity contribution in [2.75, 3.05) is 0 Å². The van der Waals surface area contributed by atoms with E-state index in [1.54, 1.807) is 0 Å². The van der Waals surface area contributed by atoms with Gasteiger partial charge in [0, 0.05) is 23.0 Å². The van der Waals surface area contributed by atoms with E-state index in [2.05, 4.69) is 181 Å². The van der Waals surface area contributed by atoms with Crippen molar-refractivity contribution in [2.45, 2.75) is 19.8 Å². The fraction of sp³-hybridized carbons (Fsp3) is 0.0588. The topological polar surface area (TPSA) is 49.7 Å². The van der Waals surface area contributed by atoms with E-state index in [-0.39, 0.29) is 21.1 Å². The molecule has 0 saturated heterocycles. The first-order chi connectivity index (χ1) is 27.6. The van der Waals surface area contributed by atoms with Crippen molar-refractivity contribution < 1.29 is 21.1 Å².